The van der Waals surface area contributed by atoms with E-state index in [1.165, 1.54) is 11.1 Å². The summed E-state index contributed by atoms with van der Waals surface area (Å²) in [5.41, 5.74) is 4.63. The number of hydrogen-bond acceptors (Lipinski definition) is 1. The zero-order chi connectivity index (χ0) is 15.4. The molecular formula is C18H20BrClO. The van der Waals surface area contributed by atoms with Crippen LogP contribution in [0.4, 0.5) is 0 Å². The van der Waals surface area contributed by atoms with E-state index in [1.807, 2.05) is 19.1 Å². The fourth-order valence-corrected chi connectivity index (χ4v) is 3.08. The minimum absolute atomic E-state index is 0.446. The van der Waals surface area contributed by atoms with Crippen molar-refractivity contribution in [2.45, 2.75) is 39.2 Å². The van der Waals surface area contributed by atoms with Gasteiger partial charge in [0.2, 0.25) is 0 Å². The maximum Gasteiger partial charge on any atom is 0.127 e. The Morgan fingerprint density at radius 1 is 1.14 bits per heavy atom. The summed E-state index contributed by atoms with van der Waals surface area (Å²) in [4.78, 5) is 0. The summed E-state index contributed by atoms with van der Waals surface area (Å²) in [5.74, 6) is 1.89. The van der Waals surface area contributed by atoms with Crippen molar-refractivity contribution in [1.82, 2.24) is 0 Å². The van der Waals surface area contributed by atoms with Crippen molar-refractivity contribution in [2.75, 3.05) is 0 Å². The topological polar surface area (TPSA) is 9.23 Å². The molecule has 0 heterocycles. The molecular weight excluding hydrogens is 348 g/mol. The number of halogens is 2. The molecule has 0 aliphatic rings. The number of ether oxygens (including phenoxy) is 1. The lowest BCUT2D eigenvalue weighted by molar-refractivity contribution is 0.301. The highest BCUT2D eigenvalue weighted by atomic mass is 79.9. The van der Waals surface area contributed by atoms with Gasteiger partial charge in [0.1, 0.15) is 12.4 Å². The number of benzene rings is 2. The molecule has 0 bridgehead atoms. The molecule has 0 aliphatic carbocycles. The second-order valence-corrected chi connectivity index (χ2v) is 6.71. The predicted molar refractivity (Wildman–Crippen MR) is 93.3 cm³/mol. The molecule has 0 amide bonds. The average Bonchev–Trinajstić information content (AvgIpc) is 2.46. The van der Waals surface area contributed by atoms with E-state index in [9.17, 15) is 0 Å². The molecule has 2 rings (SSSR count). The van der Waals surface area contributed by atoms with E-state index in [0.29, 0.717) is 18.4 Å². The smallest absolute Gasteiger partial charge is 0.127 e. The van der Waals surface area contributed by atoms with Crippen LogP contribution in [-0.4, -0.2) is 0 Å². The molecule has 21 heavy (non-hydrogen) atoms. The molecule has 1 nitrogen and oxygen atoms in total. The summed E-state index contributed by atoms with van der Waals surface area (Å²) in [5, 5.41) is 0. The lowest BCUT2D eigenvalue weighted by Gasteiger charge is -2.14. The van der Waals surface area contributed by atoms with Crippen molar-refractivity contribution in [3.05, 3.63) is 63.1 Å². The van der Waals surface area contributed by atoms with Gasteiger partial charge in [0.25, 0.3) is 0 Å². The van der Waals surface area contributed by atoms with Crippen LogP contribution in [0.1, 0.15) is 42.0 Å². The summed E-state index contributed by atoms with van der Waals surface area (Å²) in [6.45, 7) is 7.00. The predicted octanol–water partition coefficient (Wildman–Crippen LogP) is 6.20. The van der Waals surface area contributed by atoms with Crippen LogP contribution in [0.3, 0.4) is 0 Å². The number of hydrogen-bond donors (Lipinski definition) is 0. The quantitative estimate of drug-likeness (QED) is 0.572. The van der Waals surface area contributed by atoms with Gasteiger partial charge in [-0.2, -0.15) is 0 Å². The normalized spacial score (nSPS) is 11.0. The molecule has 0 unspecified atom stereocenters. The van der Waals surface area contributed by atoms with Crippen LogP contribution in [-0.2, 0) is 12.5 Å². The highest BCUT2D eigenvalue weighted by Gasteiger charge is 2.09. The van der Waals surface area contributed by atoms with Gasteiger partial charge in [-0.15, -0.1) is 11.6 Å². The third-order valence-corrected chi connectivity index (χ3v) is 4.24. The lowest BCUT2D eigenvalue weighted by Crippen LogP contribution is -2.00. The first kappa shape index (κ1) is 16.4. The summed E-state index contributed by atoms with van der Waals surface area (Å²) in [6, 6.07) is 12.7. The third kappa shape index (κ3) is 4.24. The fourth-order valence-electron chi connectivity index (χ4n) is 2.26. The minimum Gasteiger partial charge on any atom is -0.488 e. The Hall–Kier alpha value is -0.990. The lowest BCUT2D eigenvalue weighted by atomic mass is 10.0. The van der Waals surface area contributed by atoms with Gasteiger partial charge < -0.3 is 4.74 Å². The van der Waals surface area contributed by atoms with E-state index in [1.54, 1.807) is 0 Å². The molecule has 0 saturated carbocycles. The summed E-state index contributed by atoms with van der Waals surface area (Å²) in [7, 11) is 0. The molecule has 0 aliphatic heterocycles. The molecule has 2 aromatic carbocycles. The molecule has 112 valence electrons. The second-order valence-electron chi connectivity index (χ2n) is 5.53. The molecule has 0 radical (unpaired) electrons. The zero-order valence-electron chi connectivity index (χ0n) is 12.6. The first-order valence-corrected chi connectivity index (χ1v) is 8.40. The van der Waals surface area contributed by atoms with Crippen molar-refractivity contribution in [1.29, 1.82) is 0 Å². The first-order chi connectivity index (χ1) is 10.0. The zero-order valence-corrected chi connectivity index (χ0v) is 15.0. The van der Waals surface area contributed by atoms with E-state index in [0.717, 1.165) is 21.3 Å². The highest BCUT2D eigenvalue weighted by molar-refractivity contribution is 9.10. The molecule has 0 spiro atoms. The van der Waals surface area contributed by atoms with Gasteiger partial charge in [0.05, 0.1) is 5.88 Å². The highest BCUT2D eigenvalue weighted by Crippen LogP contribution is 2.30. The van der Waals surface area contributed by atoms with Crippen LogP contribution in [0.2, 0.25) is 0 Å². The minimum atomic E-state index is 0.446. The summed E-state index contributed by atoms with van der Waals surface area (Å²) >= 11 is 9.50. The van der Waals surface area contributed by atoms with E-state index in [2.05, 4.69) is 54.0 Å². The molecule has 3 heteroatoms. The first-order valence-electron chi connectivity index (χ1n) is 7.08. The standard InChI is InChI=1S/C18H20BrClO/c1-12(2)15-6-4-14(5-7-15)11-21-18-13(3)8-17(19)9-16(18)10-20/h4-9,12H,10-11H2,1-3H3. The van der Waals surface area contributed by atoms with Gasteiger partial charge in [0.15, 0.2) is 0 Å². The van der Waals surface area contributed by atoms with Crippen LogP contribution in [0, 0.1) is 6.92 Å². The van der Waals surface area contributed by atoms with Crippen molar-refractivity contribution in [2.24, 2.45) is 0 Å². The monoisotopic (exact) mass is 366 g/mol. The third-order valence-electron chi connectivity index (χ3n) is 3.49. The molecule has 0 aromatic heterocycles. The second kappa shape index (κ2) is 7.33. The number of aryl methyl sites for hydroxylation is 1. The molecule has 0 N–H and O–H groups in total. The average molecular weight is 368 g/mol. The van der Waals surface area contributed by atoms with E-state index in [-0.39, 0.29) is 0 Å². The van der Waals surface area contributed by atoms with E-state index < -0.39 is 0 Å². The van der Waals surface area contributed by atoms with E-state index in [4.69, 9.17) is 16.3 Å². The van der Waals surface area contributed by atoms with Crippen molar-refractivity contribution >= 4 is 27.5 Å². The van der Waals surface area contributed by atoms with Gasteiger partial charge in [-0.05, 0) is 41.7 Å². The maximum absolute atomic E-state index is 6.01. The molecule has 0 saturated heterocycles. The van der Waals surface area contributed by atoms with Gasteiger partial charge in [-0.1, -0.05) is 54.0 Å². The molecule has 0 atom stereocenters. The Balaban J connectivity index is 2.13. The Kier molecular flexibility index (Phi) is 5.72. The van der Waals surface area contributed by atoms with Crippen LogP contribution in [0.15, 0.2) is 40.9 Å². The summed E-state index contributed by atoms with van der Waals surface area (Å²) < 4.78 is 7.03. The van der Waals surface area contributed by atoms with Crippen LogP contribution in [0.5, 0.6) is 5.75 Å². The van der Waals surface area contributed by atoms with Crippen molar-refractivity contribution < 1.29 is 4.74 Å². The van der Waals surface area contributed by atoms with Crippen LogP contribution >= 0.6 is 27.5 Å². The van der Waals surface area contributed by atoms with Gasteiger partial charge in [-0.3, -0.25) is 0 Å². The van der Waals surface area contributed by atoms with Gasteiger partial charge in [-0.25, -0.2) is 0 Å². The molecule has 2 aromatic rings. The Morgan fingerprint density at radius 3 is 2.38 bits per heavy atom. The molecule has 0 fully saturated rings. The number of rotatable bonds is 5. The van der Waals surface area contributed by atoms with Crippen LogP contribution in [0.25, 0.3) is 0 Å². The summed E-state index contributed by atoms with van der Waals surface area (Å²) in [6.07, 6.45) is 0. The SMILES string of the molecule is Cc1cc(Br)cc(CCl)c1OCc1ccc(C(C)C)cc1. The number of alkyl halides is 1. The van der Waals surface area contributed by atoms with Gasteiger partial charge >= 0.3 is 0 Å². The largest absolute Gasteiger partial charge is 0.488 e. The van der Waals surface area contributed by atoms with Crippen LogP contribution < -0.4 is 4.74 Å². The fraction of sp³-hybridized carbons (Fsp3) is 0.333. The van der Waals surface area contributed by atoms with E-state index >= 15 is 0 Å². The van der Waals surface area contributed by atoms with Crippen molar-refractivity contribution in [3.63, 3.8) is 0 Å². The Morgan fingerprint density at radius 2 is 1.81 bits per heavy atom. The van der Waals surface area contributed by atoms with Crippen molar-refractivity contribution in [3.8, 4) is 5.75 Å². The maximum atomic E-state index is 6.01. The Labute approximate surface area is 140 Å². The Bertz CT molecular complexity index is 605. The van der Waals surface area contributed by atoms with Gasteiger partial charge in [0, 0.05) is 10.0 Å².